The molecule has 5 heteroatoms. The van der Waals surface area contributed by atoms with E-state index in [0.717, 1.165) is 10.6 Å². The van der Waals surface area contributed by atoms with Gasteiger partial charge >= 0.3 is 0 Å². The Kier molecular flexibility index (Phi) is 4.63. The molecule has 0 bridgehead atoms. The van der Waals surface area contributed by atoms with E-state index in [1.54, 1.807) is 0 Å². The van der Waals surface area contributed by atoms with Crippen molar-refractivity contribution in [3.63, 3.8) is 0 Å². The summed E-state index contributed by atoms with van der Waals surface area (Å²) in [5.41, 5.74) is 0.875. The van der Waals surface area contributed by atoms with Crippen molar-refractivity contribution in [2.24, 2.45) is 0 Å². The van der Waals surface area contributed by atoms with E-state index in [9.17, 15) is 5.11 Å². The summed E-state index contributed by atoms with van der Waals surface area (Å²) in [6.45, 7) is 8.27. The summed E-state index contributed by atoms with van der Waals surface area (Å²) in [7, 11) is 0. The van der Waals surface area contributed by atoms with Gasteiger partial charge in [0.25, 0.3) is 0 Å². The van der Waals surface area contributed by atoms with Crippen LogP contribution in [0.4, 0.5) is 0 Å². The van der Waals surface area contributed by atoms with Crippen LogP contribution in [0.5, 0.6) is 0 Å². The average Bonchev–Trinajstić information content (AvgIpc) is 2.62. The second-order valence-electron chi connectivity index (χ2n) is 4.08. The lowest BCUT2D eigenvalue weighted by Crippen LogP contribution is -2.12. The molecule has 86 valence electrons. The number of ether oxygens (including phenoxy) is 1. The van der Waals surface area contributed by atoms with Gasteiger partial charge < -0.3 is 9.84 Å². The van der Waals surface area contributed by atoms with E-state index in [2.05, 4.69) is 9.59 Å². The maximum atomic E-state index is 9.89. The Labute approximate surface area is 94.4 Å². The molecule has 0 spiro atoms. The van der Waals surface area contributed by atoms with Crippen molar-refractivity contribution in [2.45, 2.75) is 45.8 Å². The molecule has 1 N–H and O–H groups in total. The van der Waals surface area contributed by atoms with E-state index < -0.39 is 6.10 Å². The molecule has 1 aromatic rings. The van der Waals surface area contributed by atoms with Gasteiger partial charge in [-0.15, -0.1) is 5.10 Å². The predicted molar refractivity (Wildman–Crippen MR) is 60.0 cm³/mol. The molecule has 1 atom stereocenters. The lowest BCUT2D eigenvalue weighted by Gasteiger charge is -2.13. The van der Waals surface area contributed by atoms with E-state index in [1.807, 2.05) is 27.7 Å². The van der Waals surface area contributed by atoms with Gasteiger partial charge in [0.1, 0.15) is 6.10 Å². The van der Waals surface area contributed by atoms with Gasteiger partial charge in [0.2, 0.25) is 0 Å². The van der Waals surface area contributed by atoms with Gasteiger partial charge in [-0.3, -0.25) is 0 Å². The van der Waals surface area contributed by atoms with Gasteiger partial charge in [-0.1, -0.05) is 18.3 Å². The Morgan fingerprint density at radius 1 is 1.33 bits per heavy atom. The fourth-order valence-corrected chi connectivity index (χ4v) is 1.97. The number of rotatable bonds is 5. The number of aromatic nitrogens is 2. The third-order valence-corrected chi connectivity index (χ3v) is 2.82. The van der Waals surface area contributed by atoms with Gasteiger partial charge in [-0.05, 0) is 31.3 Å². The first-order chi connectivity index (χ1) is 7.02. The molecule has 0 saturated heterocycles. The highest BCUT2D eigenvalue weighted by Gasteiger charge is 2.19. The molecule has 0 aliphatic heterocycles. The quantitative estimate of drug-likeness (QED) is 0.841. The largest absolute Gasteiger partial charge is 0.385 e. The zero-order valence-electron chi connectivity index (χ0n) is 9.60. The monoisotopic (exact) mass is 230 g/mol. The van der Waals surface area contributed by atoms with Gasteiger partial charge in [0, 0.05) is 0 Å². The first kappa shape index (κ1) is 12.5. The lowest BCUT2D eigenvalue weighted by molar-refractivity contribution is 0.00586. The molecular formula is C10H18N2O2S. The molecule has 15 heavy (non-hydrogen) atoms. The molecule has 1 aromatic heterocycles. The maximum Gasteiger partial charge on any atom is 0.115 e. The minimum absolute atomic E-state index is 0.128. The van der Waals surface area contributed by atoms with Gasteiger partial charge in [-0.2, -0.15) is 0 Å². The van der Waals surface area contributed by atoms with Crippen LogP contribution in [-0.4, -0.2) is 27.4 Å². The van der Waals surface area contributed by atoms with Gasteiger partial charge in [0.05, 0.1) is 23.3 Å². The highest BCUT2D eigenvalue weighted by Crippen LogP contribution is 2.26. The minimum Gasteiger partial charge on any atom is -0.385 e. The van der Waals surface area contributed by atoms with E-state index in [1.165, 1.54) is 11.5 Å². The van der Waals surface area contributed by atoms with Crippen LogP contribution in [0.1, 0.15) is 50.3 Å². The van der Waals surface area contributed by atoms with Crippen molar-refractivity contribution in [2.75, 3.05) is 6.61 Å². The number of aliphatic hydroxyl groups excluding tert-OH is 1. The van der Waals surface area contributed by atoms with Crippen molar-refractivity contribution in [3.8, 4) is 0 Å². The summed E-state index contributed by atoms with van der Waals surface area (Å²) in [6, 6.07) is 0. The number of hydrogen-bond acceptors (Lipinski definition) is 5. The molecule has 0 saturated carbocycles. The molecule has 0 aliphatic rings. The zero-order valence-corrected chi connectivity index (χ0v) is 10.4. The molecule has 1 heterocycles. The van der Waals surface area contributed by atoms with Crippen molar-refractivity contribution < 1.29 is 9.84 Å². The minimum atomic E-state index is -0.607. The fourth-order valence-electron chi connectivity index (χ4n) is 1.20. The summed E-state index contributed by atoms with van der Waals surface area (Å²) < 4.78 is 9.23. The molecule has 0 aliphatic carbocycles. The molecule has 0 amide bonds. The molecule has 1 unspecified atom stereocenters. The third-order valence-electron chi connectivity index (χ3n) is 1.98. The van der Waals surface area contributed by atoms with E-state index >= 15 is 0 Å². The SMILES string of the molecule is CC(C)OCC(O)c1snnc1C(C)C. The van der Waals surface area contributed by atoms with Crippen LogP contribution in [0, 0.1) is 0 Å². The summed E-state index contributed by atoms with van der Waals surface area (Å²) in [6.07, 6.45) is -0.479. The summed E-state index contributed by atoms with van der Waals surface area (Å²) in [5.74, 6) is 0.285. The Morgan fingerprint density at radius 2 is 2.00 bits per heavy atom. The summed E-state index contributed by atoms with van der Waals surface area (Å²) in [4.78, 5) is 0.825. The van der Waals surface area contributed by atoms with Crippen molar-refractivity contribution in [1.29, 1.82) is 0 Å². The molecular weight excluding hydrogens is 212 g/mol. The van der Waals surface area contributed by atoms with Crippen LogP contribution in [-0.2, 0) is 4.74 Å². The first-order valence-corrected chi connectivity index (χ1v) is 5.91. The van der Waals surface area contributed by atoms with Crippen LogP contribution >= 0.6 is 11.5 Å². The Hall–Kier alpha value is -0.520. The Bertz CT molecular complexity index is 299. The standard InChI is InChI=1S/C10H18N2O2S/c1-6(2)9-10(15-12-11-9)8(13)5-14-7(3)4/h6-8,13H,5H2,1-4H3. The number of nitrogens with zero attached hydrogens (tertiary/aromatic N) is 2. The van der Waals surface area contributed by atoms with Crippen LogP contribution in [0.3, 0.4) is 0 Å². The van der Waals surface area contributed by atoms with E-state index in [4.69, 9.17) is 4.74 Å². The lowest BCUT2D eigenvalue weighted by atomic mass is 10.1. The third kappa shape index (κ3) is 3.52. The predicted octanol–water partition coefficient (Wildman–Crippen LogP) is 2.12. The van der Waals surface area contributed by atoms with Crippen molar-refractivity contribution in [1.82, 2.24) is 9.59 Å². The first-order valence-electron chi connectivity index (χ1n) is 5.14. The fraction of sp³-hybridized carbons (Fsp3) is 0.800. The normalized spacial score (nSPS) is 13.8. The molecule has 4 nitrogen and oxygen atoms in total. The zero-order chi connectivity index (χ0) is 11.4. The van der Waals surface area contributed by atoms with Gasteiger partial charge in [0.15, 0.2) is 0 Å². The summed E-state index contributed by atoms with van der Waals surface area (Å²) in [5, 5.41) is 13.9. The highest BCUT2D eigenvalue weighted by atomic mass is 32.1. The smallest absolute Gasteiger partial charge is 0.115 e. The van der Waals surface area contributed by atoms with Crippen molar-refractivity contribution in [3.05, 3.63) is 10.6 Å². The molecule has 0 radical (unpaired) electrons. The molecule has 1 rings (SSSR count). The summed E-state index contributed by atoms with van der Waals surface area (Å²) >= 11 is 1.25. The number of aliphatic hydroxyl groups is 1. The van der Waals surface area contributed by atoms with Crippen molar-refractivity contribution >= 4 is 11.5 Å². The van der Waals surface area contributed by atoms with Crippen LogP contribution in [0.25, 0.3) is 0 Å². The molecule has 0 aromatic carbocycles. The number of hydrogen-bond donors (Lipinski definition) is 1. The van der Waals surface area contributed by atoms with Crippen LogP contribution in [0.2, 0.25) is 0 Å². The Balaban J connectivity index is 2.64. The van der Waals surface area contributed by atoms with E-state index in [-0.39, 0.29) is 12.0 Å². The second kappa shape index (κ2) is 5.53. The van der Waals surface area contributed by atoms with Crippen LogP contribution in [0.15, 0.2) is 0 Å². The van der Waals surface area contributed by atoms with Gasteiger partial charge in [-0.25, -0.2) is 0 Å². The van der Waals surface area contributed by atoms with Crippen LogP contribution < -0.4 is 0 Å². The second-order valence-corrected chi connectivity index (χ2v) is 4.86. The Morgan fingerprint density at radius 3 is 2.53 bits per heavy atom. The maximum absolute atomic E-state index is 9.89. The highest BCUT2D eigenvalue weighted by molar-refractivity contribution is 7.05. The topological polar surface area (TPSA) is 55.2 Å². The molecule has 0 fully saturated rings. The van der Waals surface area contributed by atoms with E-state index in [0.29, 0.717) is 6.61 Å². The average molecular weight is 230 g/mol.